The van der Waals surface area contributed by atoms with E-state index in [0.29, 0.717) is 23.5 Å². The fourth-order valence-corrected chi connectivity index (χ4v) is 1.78. The molecular formula is C13H18N2O3S. The molecule has 19 heavy (non-hydrogen) atoms. The normalized spacial score (nSPS) is 11.5. The molecule has 104 valence electrons. The van der Waals surface area contributed by atoms with E-state index in [1.807, 2.05) is 6.92 Å². The van der Waals surface area contributed by atoms with Gasteiger partial charge in [0, 0.05) is 11.6 Å². The van der Waals surface area contributed by atoms with Crippen molar-refractivity contribution in [3.05, 3.63) is 23.8 Å². The van der Waals surface area contributed by atoms with Crippen molar-refractivity contribution >= 4 is 23.1 Å². The number of nitrogens with two attached hydrogens (primary N) is 1. The lowest BCUT2D eigenvalue weighted by Crippen LogP contribution is -2.43. The zero-order valence-electron chi connectivity index (χ0n) is 11.2. The third kappa shape index (κ3) is 4.10. The first-order chi connectivity index (χ1) is 9.01. The van der Waals surface area contributed by atoms with Crippen LogP contribution in [0.2, 0.25) is 0 Å². The van der Waals surface area contributed by atoms with Gasteiger partial charge in [0.25, 0.3) is 5.91 Å². The van der Waals surface area contributed by atoms with Crippen LogP contribution >= 0.6 is 12.2 Å². The number of carbonyl (C=O) groups excluding carboxylic acids is 1. The van der Waals surface area contributed by atoms with Gasteiger partial charge in [-0.05, 0) is 18.6 Å². The van der Waals surface area contributed by atoms with Crippen LogP contribution in [0.4, 0.5) is 0 Å². The Bertz CT molecular complexity index is 455. The summed E-state index contributed by atoms with van der Waals surface area (Å²) in [5, 5.41) is 2.77. The first-order valence-electron chi connectivity index (χ1n) is 5.85. The minimum absolute atomic E-state index is 0.267. The second kappa shape index (κ2) is 6.94. The van der Waals surface area contributed by atoms with Crippen LogP contribution in [0, 0.1) is 0 Å². The number of methoxy groups -OCH3 is 2. The number of nitrogens with one attached hydrogen (secondary N) is 1. The number of thiocarbonyl (C=S) groups is 1. The van der Waals surface area contributed by atoms with E-state index in [4.69, 9.17) is 27.4 Å². The van der Waals surface area contributed by atoms with Crippen LogP contribution < -0.4 is 20.5 Å². The molecule has 0 heterocycles. The first kappa shape index (κ1) is 15.2. The summed E-state index contributed by atoms with van der Waals surface area (Å²) < 4.78 is 10.2. The summed E-state index contributed by atoms with van der Waals surface area (Å²) in [7, 11) is 3.06. The number of amides is 1. The van der Waals surface area contributed by atoms with Crippen LogP contribution in [0.3, 0.4) is 0 Å². The highest BCUT2D eigenvalue weighted by Crippen LogP contribution is 2.22. The number of benzene rings is 1. The molecule has 0 aliphatic carbocycles. The maximum absolute atomic E-state index is 12.1. The van der Waals surface area contributed by atoms with Gasteiger partial charge in [-0.3, -0.25) is 4.79 Å². The molecule has 0 aliphatic heterocycles. The second-order valence-electron chi connectivity index (χ2n) is 3.94. The van der Waals surface area contributed by atoms with E-state index < -0.39 is 0 Å². The van der Waals surface area contributed by atoms with Gasteiger partial charge in [-0.25, -0.2) is 0 Å². The average molecular weight is 282 g/mol. The Morgan fingerprint density at radius 1 is 1.32 bits per heavy atom. The molecule has 1 amide bonds. The third-order valence-corrected chi connectivity index (χ3v) is 2.96. The predicted octanol–water partition coefficient (Wildman–Crippen LogP) is 1.50. The van der Waals surface area contributed by atoms with Gasteiger partial charge in [0.2, 0.25) is 0 Å². The zero-order valence-corrected chi connectivity index (χ0v) is 12.0. The summed E-state index contributed by atoms with van der Waals surface area (Å²) >= 11 is 4.90. The molecule has 3 N–H and O–H groups in total. The monoisotopic (exact) mass is 282 g/mol. The first-order valence-corrected chi connectivity index (χ1v) is 6.25. The molecule has 0 aliphatic rings. The Balaban J connectivity index is 2.95. The van der Waals surface area contributed by atoms with Gasteiger partial charge < -0.3 is 20.5 Å². The highest BCUT2D eigenvalue weighted by Gasteiger charge is 2.15. The fourth-order valence-electron chi connectivity index (χ4n) is 1.55. The number of carbonyl (C=O) groups is 1. The van der Waals surface area contributed by atoms with Crippen molar-refractivity contribution in [2.75, 3.05) is 14.2 Å². The van der Waals surface area contributed by atoms with E-state index in [1.165, 1.54) is 14.2 Å². The molecule has 0 fully saturated rings. The summed E-state index contributed by atoms with van der Waals surface area (Å²) in [6, 6.07) is 4.63. The third-order valence-electron chi connectivity index (χ3n) is 2.67. The minimum Gasteiger partial charge on any atom is -0.497 e. The van der Waals surface area contributed by atoms with Crippen molar-refractivity contribution in [1.29, 1.82) is 0 Å². The molecule has 1 rings (SSSR count). The Kier molecular flexibility index (Phi) is 5.57. The zero-order chi connectivity index (χ0) is 14.4. The molecule has 1 aromatic rings. The van der Waals surface area contributed by atoms with Crippen molar-refractivity contribution in [3.63, 3.8) is 0 Å². The van der Waals surface area contributed by atoms with E-state index in [-0.39, 0.29) is 16.9 Å². The lowest BCUT2D eigenvalue weighted by Gasteiger charge is -2.16. The van der Waals surface area contributed by atoms with Crippen molar-refractivity contribution in [2.24, 2.45) is 5.73 Å². The highest BCUT2D eigenvalue weighted by atomic mass is 32.1. The van der Waals surface area contributed by atoms with Gasteiger partial charge in [0.05, 0.1) is 25.2 Å². The predicted molar refractivity (Wildman–Crippen MR) is 77.9 cm³/mol. The van der Waals surface area contributed by atoms with E-state index >= 15 is 0 Å². The van der Waals surface area contributed by atoms with E-state index in [1.54, 1.807) is 18.2 Å². The lowest BCUT2D eigenvalue weighted by molar-refractivity contribution is 0.0945. The molecular weight excluding hydrogens is 264 g/mol. The van der Waals surface area contributed by atoms with Crippen LogP contribution in [0.5, 0.6) is 11.5 Å². The molecule has 1 atom stereocenters. The molecule has 6 heteroatoms. The Morgan fingerprint density at radius 3 is 2.21 bits per heavy atom. The topological polar surface area (TPSA) is 73.6 Å². The van der Waals surface area contributed by atoms with E-state index in [9.17, 15) is 4.79 Å². The minimum atomic E-state index is -0.320. The maximum atomic E-state index is 12.1. The molecule has 0 aromatic heterocycles. The summed E-state index contributed by atoms with van der Waals surface area (Å²) in [5.74, 6) is 0.831. The molecule has 0 saturated heterocycles. The van der Waals surface area contributed by atoms with Crippen LogP contribution in [-0.4, -0.2) is 31.2 Å². The largest absolute Gasteiger partial charge is 0.497 e. The number of rotatable bonds is 6. The van der Waals surface area contributed by atoms with Crippen LogP contribution in [-0.2, 0) is 0 Å². The second-order valence-corrected chi connectivity index (χ2v) is 4.41. The quantitative estimate of drug-likeness (QED) is 0.774. The molecule has 5 nitrogen and oxygen atoms in total. The summed E-state index contributed by atoms with van der Waals surface area (Å²) in [6.45, 7) is 1.90. The Labute approximate surface area is 118 Å². The van der Waals surface area contributed by atoms with Gasteiger partial charge in [-0.1, -0.05) is 19.1 Å². The Morgan fingerprint density at radius 2 is 1.84 bits per heavy atom. The SMILES string of the molecule is CCC(NC(=O)c1cc(OC)cc(OC)c1)C(N)=S. The highest BCUT2D eigenvalue weighted by molar-refractivity contribution is 7.80. The smallest absolute Gasteiger partial charge is 0.252 e. The molecule has 0 radical (unpaired) electrons. The maximum Gasteiger partial charge on any atom is 0.252 e. The van der Waals surface area contributed by atoms with Gasteiger partial charge in [0.15, 0.2) is 0 Å². The van der Waals surface area contributed by atoms with Crippen molar-refractivity contribution in [2.45, 2.75) is 19.4 Å². The van der Waals surface area contributed by atoms with Crippen LogP contribution in [0.25, 0.3) is 0 Å². The number of ether oxygens (including phenoxy) is 2. The lowest BCUT2D eigenvalue weighted by atomic mass is 10.1. The number of hydrogen-bond acceptors (Lipinski definition) is 4. The van der Waals surface area contributed by atoms with Gasteiger partial charge >= 0.3 is 0 Å². The van der Waals surface area contributed by atoms with Crippen LogP contribution in [0.15, 0.2) is 18.2 Å². The number of hydrogen-bond donors (Lipinski definition) is 2. The molecule has 0 spiro atoms. The van der Waals surface area contributed by atoms with Gasteiger partial charge in [-0.15, -0.1) is 0 Å². The van der Waals surface area contributed by atoms with Crippen LogP contribution in [0.1, 0.15) is 23.7 Å². The standard InChI is InChI=1S/C13H18N2O3S/c1-4-11(12(14)19)15-13(16)8-5-9(17-2)7-10(6-8)18-3/h5-7,11H,4H2,1-3H3,(H2,14,19)(H,15,16). The van der Waals surface area contributed by atoms with E-state index in [0.717, 1.165) is 0 Å². The summed E-state index contributed by atoms with van der Waals surface area (Å²) in [5.41, 5.74) is 5.99. The van der Waals surface area contributed by atoms with E-state index in [2.05, 4.69) is 5.32 Å². The Hall–Kier alpha value is -1.82. The van der Waals surface area contributed by atoms with Crippen molar-refractivity contribution in [3.8, 4) is 11.5 Å². The fraction of sp³-hybridized carbons (Fsp3) is 0.385. The summed E-state index contributed by atoms with van der Waals surface area (Å²) in [6.07, 6.45) is 0.641. The average Bonchev–Trinajstić information content (AvgIpc) is 2.43. The van der Waals surface area contributed by atoms with Gasteiger partial charge in [-0.2, -0.15) is 0 Å². The van der Waals surface area contributed by atoms with Crippen molar-refractivity contribution < 1.29 is 14.3 Å². The molecule has 0 saturated carbocycles. The molecule has 1 unspecified atom stereocenters. The van der Waals surface area contributed by atoms with Crippen molar-refractivity contribution in [1.82, 2.24) is 5.32 Å². The summed E-state index contributed by atoms with van der Waals surface area (Å²) in [4.78, 5) is 12.4. The molecule has 1 aromatic carbocycles. The van der Waals surface area contributed by atoms with Gasteiger partial charge in [0.1, 0.15) is 11.5 Å². The molecule has 0 bridgehead atoms.